The normalized spacial score (nSPS) is 18.2. The molecule has 1 heterocycles. The second-order valence-corrected chi connectivity index (χ2v) is 7.38. The quantitative estimate of drug-likeness (QED) is 0.333. The molecule has 0 amide bonds. The average Bonchev–Trinajstić information content (AvgIpc) is 2.85. The lowest BCUT2D eigenvalue weighted by molar-refractivity contribution is -0.917. The Kier molecular flexibility index (Phi) is 8.73. The summed E-state index contributed by atoms with van der Waals surface area (Å²) >= 11 is 0. The predicted octanol–water partition coefficient (Wildman–Crippen LogP) is 1.32. The summed E-state index contributed by atoms with van der Waals surface area (Å²) in [6, 6.07) is 0. The van der Waals surface area contributed by atoms with E-state index < -0.39 is 10.1 Å². The number of rotatable bonds is 12. The minimum atomic E-state index is -3.84. The molecule has 0 bridgehead atoms. The van der Waals surface area contributed by atoms with Crippen molar-refractivity contribution in [1.29, 1.82) is 0 Å². The highest BCUT2D eigenvalue weighted by Gasteiger charge is 2.31. The number of ether oxygens (including phenoxy) is 2. The highest BCUT2D eigenvalue weighted by atomic mass is 32.2. The average molecular weight is 324 g/mol. The molecule has 0 spiro atoms. The van der Waals surface area contributed by atoms with Gasteiger partial charge < -0.3 is 14.0 Å². The summed E-state index contributed by atoms with van der Waals surface area (Å²) in [4.78, 5) is 0. The van der Waals surface area contributed by atoms with Gasteiger partial charge >= 0.3 is 0 Å². The van der Waals surface area contributed by atoms with E-state index in [1.807, 2.05) is 0 Å². The predicted molar refractivity (Wildman–Crippen MR) is 81.9 cm³/mol. The number of hydrogen-bond acceptors (Lipinski definition) is 4. The van der Waals surface area contributed by atoms with Crippen LogP contribution in [0, 0.1) is 0 Å². The summed E-state index contributed by atoms with van der Waals surface area (Å²) in [5, 5.41) is 0. The Bertz CT molecular complexity index is 366. The van der Waals surface area contributed by atoms with E-state index in [0.717, 1.165) is 43.7 Å². The Morgan fingerprint density at radius 3 is 2.19 bits per heavy atom. The number of likely N-dealkylation sites (tertiary alicyclic amines) is 1. The molecule has 0 saturated carbocycles. The molecule has 1 fully saturated rings. The molecule has 126 valence electrons. The largest absolute Gasteiger partial charge is 0.379 e. The van der Waals surface area contributed by atoms with Crippen LogP contribution in [0.1, 0.15) is 32.6 Å². The topological polar surface area (TPSA) is 72.8 Å². The van der Waals surface area contributed by atoms with Crippen LogP contribution in [0.4, 0.5) is 0 Å². The van der Waals surface area contributed by atoms with Crippen molar-refractivity contribution in [2.45, 2.75) is 32.6 Å². The van der Waals surface area contributed by atoms with Crippen LogP contribution in [-0.4, -0.2) is 75.8 Å². The summed E-state index contributed by atoms with van der Waals surface area (Å²) in [6.45, 7) is 8.67. The number of hydrogen-bond donors (Lipinski definition) is 1. The molecule has 7 heteroatoms. The zero-order valence-electron chi connectivity index (χ0n) is 13.1. The Labute approximate surface area is 128 Å². The molecule has 1 aliphatic heterocycles. The third-order valence-corrected chi connectivity index (χ3v) is 4.78. The molecule has 0 aliphatic carbocycles. The summed E-state index contributed by atoms with van der Waals surface area (Å²) in [5.41, 5.74) is 0. The van der Waals surface area contributed by atoms with E-state index in [0.29, 0.717) is 26.2 Å². The first-order valence-corrected chi connectivity index (χ1v) is 9.54. The van der Waals surface area contributed by atoms with E-state index in [1.165, 1.54) is 12.8 Å². The Hall–Kier alpha value is -0.210. The molecule has 0 aromatic rings. The Balaban J connectivity index is 2.19. The SMILES string of the molecule is CCCOCCOCC[N+]1(CCCS(=O)(=O)O)CCCC1. The third-order valence-electron chi connectivity index (χ3n) is 3.98. The van der Waals surface area contributed by atoms with Crippen molar-refractivity contribution in [3.05, 3.63) is 0 Å². The smallest absolute Gasteiger partial charge is 0.265 e. The molecule has 21 heavy (non-hydrogen) atoms. The van der Waals surface area contributed by atoms with Crippen LogP contribution in [0.25, 0.3) is 0 Å². The molecule has 6 nitrogen and oxygen atoms in total. The molecule has 1 rings (SSSR count). The monoisotopic (exact) mass is 324 g/mol. The van der Waals surface area contributed by atoms with E-state index in [4.69, 9.17) is 14.0 Å². The van der Waals surface area contributed by atoms with Crippen LogP contribution in [0.15, 0.2) is 0 Å². The van der Waals surface area contributed by atoms with Gasteiger partial charge in [0.15, 0.2) is 0 Å². The van der Waals surface area contributed by atoms with Crippen LogP contribution in [-0.2, 0) is 19.6 Å². The van der Waals surface area contributed by atoms with Gasteiger partial charge in [-0.3, -0.25) is 4.55 Å². The maximum atomic E-state index is 10.8. The molecule has 0 aromatic heterocycles. The van der Waals surface area contributed by atoms with Gasteiger partial charge in [0, 0.05) is 25.9 Å². The first-order valence-electron chi connectivity index (χ1n) is 7.93. The van der Waals surface area contributed by atoms with Gasteiger partial charge in [-0.15, -0.1) is 0 Å². The molecule has 0 atom stereocenters. The van der Waals surface area contributed by atoms with Gasteiger partial charge in [-0.2, -0.15) is 8.42 Å². The lowest BCUT2D eigenvalue weighted by atomic mass is 10.3. The molecular formula is C14H30NO5S+. The molecule has 0 radical (unpaired) electrons. The lowest BCUT2D eigenvalue weighted by Gasteiger charge is -2.34. The van der Waals surface area contributed by atoms with Crippen LogP contribution < -0.4 is 0 Å². The van der Waals surface area contributed by atoms with Gasteiger partial charge in [0.05, 0.1) is 45.2 Å². The third kappa shape index (κ3) is 8.73. The fourth-order valence-electron chi connectivity index (χ4n) is 2.87. The van der Waals surface area contributed by atoms with Gasteiger partial charge in [-0.25, -0.2) is 0 Å². The highest BCUT2D eigenvalue weighted by Crippen LogP contribution is 2.20. The molecule has 1 aliphatic rings. The van der Waals surface area contributed by atoms with Crippen LogP contribution in [0.2, 0.25) is 0 Å². The van der Waals surface area contributed by atoms with Gasteiger partial charge in [-0.1, -0.05) is 6.92 Å². The lowest BCUT2D eigenvalue weighted by Crippen LogP contribution is -2.48. The van der Waals surface area contributed by atoms with Crippen molar-refractivity contribution in [2.75, 3.05) is 58.4 Å². The van der Waals surface area contributed by atoms with Crippen molar-refractivity contribution in [3.63, 3.8) is 0 Å². The fourth-order valence-corrected chi connectivity index (χ4v) is 3.37. The molecule has 0 aromatic carbocycles. The second-order valence-electron chi connectivity index (χ2n) is 5.81. The molecular weight excluding hydrogens is 294 g/mol. The maximum absolute atomic E-state index is 10.8. The maximum Gasteiger partial charge on any atom is 0.265 e. The highest BCUT2D eigenvalue weighted by molar-refractivity contribution is 7.85. The van der Waals surface area contributed by atoms with E-state index in [2.05, 4.69) is 6.92 Å². The van der Waals surface area contributed by atoms with E-state index in [-0.39, 0.29) is 5.75 Å². The Morgan fingerprint density at radius 1 is 1.00 bits per heavy atom. The van der Waals surface area contributed by atoms with Crippen molar-refractivity contribution in [3.8, 4) is 0 Å². The van der Waals surface area contributed by atoms with Gasteiger partial charge in [0.2, 0.25) is 0 Å². The molecule has 1 N–H and O–H groups in total. The summed E-state index contributed by atoms with van der Waals surface area (Å²) in [6.07, 6.45) is 3.91. The van der Waals surface area contributed by atoms with E-state index in [9.17, 15) is 8.42 Å². The zero-order valence-corrected chi connectivity index (χ0v) is 13.9. The minimum absolute atomic E-state index is 0.140. The van der Waals surface area contributed by atoms with Crippen molar-refractivity contribution < 1.29 is 26.9 Å². The van der Waals surface area contributed by atoms with Crippen molar-refractivity contribution in [2.24, 2.45) is 0 Å². The van der Waals surface area contributed by atoms with Crippen LogP contribution >= 0.6 is 0 Å². The number of nitrogens with zero attached hydrogens (tertiary/aromatic N) is 1. The summed E-state index contributed by atoms with van der Waals surface area (Å²) in [5.74, 6) is -0.140. The molecule has 0 unspecified atom stereocenters. The zero-order chi connectivity index (χ0) is 15.6. The Morgan fingerprint density at radius 2 is 1.62 bits per heavy atom. The first-order chi connectivity index (χ1) is 9.97. The van der Waals surface area contributed by atoms with Crippen molar-refractivity contribution >= 4 is 10.1 Å². The summed E-state index contributed by atoms with van der Waals surface area (Å²) < 4.78 is 42.3. The van der Waals surface area contributed by atoms with Gasteiger partial charge in [-0.05, 0) is 6.42 Å². The van der Waals surface area contributed by atoms with Gasteiger partial charge in [0.25, 0.3) is 10.1 Å². The van der Waals surface area contributed by atoms with Crippen LogP contribution in [0.5, 0.6) is 0 Å². The van der Waals surface area contributed by atoms with Crippen molar-refractivity contribution in [1.82, 2.24) is 0 Å². The summed E-state index contributed by atoms with van der Waals surface area (Å²) in [7, 11) is -3.84. The molecule has 1 saturated heterocycles. The van der Waals surface area contributed by atoms with E-state index >= 15 is 0 Å². The van der Waals surface area contributed by atoms with Gasteiger partial charge in [0.1, 0.15) is 6.54 Å². The number of quaternary nitrogens is 1. The standard InChI is InChI=1S/C14H29NO5S/c1-2-10-19-12-13-20-11-9-15(6-3-4-7-15)8-5-14-21(16,17)18/h2-14H2,1H3/p+1. The van der Waals surface area contributed by atoms with E-state index in [1.54, 1.807) is 0 Å². The first kappa shape index (κ1) is 18.8. The second kappa shape index (κ2) is 9.74. The fraction of sp³-hybridized carbons (Fsp3) is 1.00. The van der Waals surface area contributed by atoms with Crippen LogP contribution in [0.3, 0.4) is 0 Å². The minimum Gasteiger partial charge on any atom is -0.379 e.